The normalized spacial score (nSPS) is 32.2. The van der Waals surface area contributed by atoms with Crippen molar-refractivity contribution >= 4 is 5.97 Å². The summed E-state index contributed by atoms with van der Waals surface area (Å²) >= 11 is 0. The number of carbonyl (C=O) groups excluding carboxylic acids is 1. The summed E-state index contributed by atoms with van der Waals surface area (Å²) in [4.78, 5) is 12.0. The Morgan fingerprint density at radius 2 is 2.05 bits per heavy atom. The van der Waals surface area contributed by atoms with Crippen LogP contribution in [0.15, 0.2) is 30.3 Å². The van der Waals surface area contributed by atoms with E-state index in [1.165, 1.54) is 0 Å². The minimum atomic E-state index is -0.712. The first kappa shape index (κ1) is 15.0. The van der Waals surface area contributed by atoms with Crippen molar-refractivity contribution in [3.05, 3.63) is 35.9 Å². The summed E-state index contributed by atoms with van der Waals surface area (Å²) in [6.07, 6.45) is 4.30. The van der Waals surface area contributed by atoms with E-state index in [1.807, 2.05) is 19.9 Å². The Labute approximate surface area is 129 Å². The van der Waals surface area contributed by atoms with Crippen LogP contribution in [0.5, 0.6) is 0 Å². The van der Waals surface area contributed by atoms with E-state index in [2.05, 4.69) is 5.92 Å². The number of hydrogen-bond donors (Lipinski definition) is 0. The predicted octanol–water partition coefficient (Wildman–Crippen LogP) is 1.97. The number of fused-ring (bicyclic) bond motifs is 1. The highest BCUT2D eigenvalue weighted by atomic mass is 16.8. The molecule has 0 spiro atoms. The fraction of sp³-hybridized carbons (Fsp3) is 0.471. The zero-order valence-corrected chi connectivity index (χ0v) is 12.5. The molecule has 5 heteroatoms. The van der Waals surface area contributed by atoms with Gasteiger partial charge in [-0.15, -0.1) is 6.42 Å². The van der Waals surface area contributed by atoms with Gasteiger partial charge in [-0.2, -0.15) is 0 Å². The van der Waals surface area contributed by atoms with Gasteiger partial charge in [-0.05, 0) is 26.0 Å². The predicted molar refractivity (Wildman–Crippen MR) is 77.7 cm³/mol. The number of rotatable bonds is 3. The monoisotopic (exact) mass is 302 g/mol. The van der Waals surface area contributed by atoms with Crippen LogP contribution in [0.3, 0.4) is 0 Å². The molecule has 2 aliphatic heterocycles. The van der Waals surface area contributed by atoms with E-state index in [0.717, 1.165) is 0 Å². The van der Waals surface area contributed by atoms with Crippen LogP contribution >= 0.6 is 0 Å². The molecule has 116 valence electrons. The van der Waals surface area contributed by atoms with Gasteiger partial charge in [-0.25, -0.2) is 4.79 Å². The van der Waals surface area contributed by atoms with Crippen LogP contribution in [0.1, 0.15) is 24.2 Å². The van der Waals surface area contributed by atoms with E-state index < -0.39 is 24.2 Å². The van der Waals surface area contributed by atoms with Crippen LogP contribution in [0.2, 0.25) is 0 Å². The molecule has 0 unspecified atom stereocenters. The first-order valence-corrected chi connectivity index (χ1v) is 7.19. The van der Waals surface area contributed by atoms with Crippen LogP contribution in [-0.4, -0.2) is 36.9 Å². The number of hydrogen-bond acceptors (Lipinski definition) is 5. The highest BCUT2D eigenvalue weighted by Crippen LogP contribution is 2.40. The van der Waals surface area contributed by atoms with Crippen LogP contribution in [0, 0.1) is 18.3 Å². The number of ether oxygens (including phenoxy) is 4. The zero-order chi connectivity index (χ0) is 15.7. The molecule has 0 saturated carbocycles. The molecule has 1 aromatic rings. The molecular formula is C17H18O5. The molecule has 2 aliphatic rings. The minimum Gasteiger partial charge on any atom is -0.459 e. The lowest BCUT2D eigenvalue weighted by molar-refractivity contribution is -0.211. The van der Waals surface area contributed by atoms with Gasteiger partial charge in [0.1, 0.15) is 18.8 Å². The number of esters is 1. The average Bonchev–Trinajstić information content (AvgIpc) is 2.96. The standard InChI is InChI=1S/C17H18O5/c1-4-12-13(20-16-14(12)21-17(2,3)22-16)10-19-15(18)11-8-6-5-7-9-11/h1,5-9,12-14,16H,10H2,2-3H3/t12-,13+,14+,16+/m0/s1. The number of benzene rings is 1. The van der Waals surface area contributed by atoms with Gasteiger partial charge in [-0.3, -0.25) is 0 Å². The first-order valence-electron chi connectivity index (χ1n) is 7.19. The second kappa shape index (κ2) is 5.73. The van der Waals surface area contributed by atoms with Crippen molar-refractivity contribution in [2.24, 2.45) is 5.92 Å². The van der Waals surface area contributed by atoms with Gasteiger partial charge >= 0.3 is 5.97 Å². The summed E-state index contributed by atoms with van der Waals surface area (Å²) in [5, 5.41) is 0. The molecule has 0 aromatic heterocycles. The molecule has 5 nitrogen and oxygen atoms in total. The lowest BCUT2D eigenvalue weighted by Crippen LogP contribution is -2.32. The molecule has 2 fully saturated rings. The minimum absolute atomic E-state index is 0.0722. The second-order valence-electron chi connectivity index (χ2n) is 5.80. The zero-order valence-electron chi connectivity index (χ0n) is 12.5. The third kappa shape index (κ3) is 2.86. The Balaban J connectivity index is 1.60. The van der Waals surface area contributed by atoms with Crippen molar-refractivity contribution in [2.45, 2.75) is 38.1 Å². The highest BCUT2D eigenvalue weighted by molar-refractivity contribution is 5.89. The molecule has 2 saturated heterocycles. The van der Waals surface area contributed by atoms with E-state index in [4.69, 9.17) is 25.4 Å². The Bertz CT molecular complexity index is 589. The second-order valence-corrected chi connectivity index (χ2v) is 5.80. The van der Waals surface area contributed by atoms with Gasteiger partial charge in [-0.1, -0.05) is 24.1 Å². The van der Waals surface area contributed by atoms with Crippen LogP contribution in [0.4, 0.5) is 0 Å². The lowest BCUT2D eigenvalue weighted by Gasteiger charge is -2.23. The van der Waals surface area contributed by atoms with Crippen molar-refractivity contribution in [3.63, 3.8) is 0 Å². The fourth-order valence-corrected chi connectivity index (χ4v) is 2.73. The van der Waals surface area contributed by atoms with E-state index >= 15 is 0 Å². The molecule has 22 heavy (non-hydrogen) atoms. The maximum Gasteiger partial charge on any atom is 0.338 e. The maximum absolute atomic E-state index is 12.0. The van der Waals surface area contributed by atoms with Crippen molar-refractivity contribution < 1.29 is 23.7 Å². The van der Waals surface area contributed by atoms with Gasteiger partial charge in [0.15, 0.2) is 12.1 Å². The lowest BCUT2D eigenvalue weighted by atomic mass is 10.00. The van der Waals surface area contributed by atoms with Gasteiger partial charge < -0.3 is 18.9 Å². The molecule has 0 radical (unpaired) electrons. The van der Waals surface area contributed by atoms with Crippen LogP contribution in [-0.2, 0) is 18.9 Å². The Morgan fingerprint density at radius 1 is 1.32 bits per heavy atom. The number of terminal acetylenes is 1. The first-order chi connectivity index (χ1) is 10.5. The number of carbonyl (C=O) groups is 1. The summed E-state index contributed by atoms with van der Waals surface area (Å²) in [7, 11) is 0. The Hall–Kier alpha value is -1.87. The molecule has 3 rings (SSSR count). The Morgan fingerprint density at radius 3 is 2.73 bits per heavy atom. The molecule has 4 atom stereocenters. The van der Waals surface area contributed by atoms with E-state index in [9.17, 15) is 4.79 Å². The van der Waals surface area contributed by atoms with Crippen molar-refractivity contribution in [1.29, 1.82) is 0 Å². The van der Waals surface area contributed by atoms with Gasteiger partial charge in [0.25, 0.3) is 0 Å². The smallest absolute Gasteiger partial charge is 0.338 e. The van der Waals surface area contributed by atoms with E-state index in [1.54, 1.807) is 24.3 Å². The molecule has 0 amide bonds. The van der Waals surface area contributed by atoms with Crippen LogP contribution in [0.25, 0.3) is 0 Å². The molecule has 0 N–H and O–H groups in total. The van der Waals surface area contributed by atoms with Gasteiger partial charge in [0.05, 0.1) is 11.5 Å². The largest absolute Gasteiger partial charge is 0.459 e. The topological polar surface area (TPSA) is 54.0 Å². The summed E-state index contributed by atoms with van der Waals surface area (Å²) in [5.74, 6) is 1.24. The van der Waals surface area contributed by atoms with E-state index in [-0.39, 0.29) is 18.6 Å². The van der Waals surface area contributed by atoms with Gasteiger partial charge in [0.2, 0.25) is 0 Å². The van der Waals surface area contributed by atoms with Crippen molar-refractivity contribution in [3.8, 4) is 12.3 Å². The summed E-state index contributed by atoms with van der Waals surface area (Å²) < 4.78 is 22.4. The highest BCUT2D eigenvalue weighted by Gasteiger charge is 2.54. The maximum atomic E-state index is 12.0. The van der Waals surface area contributed by atoms with E-state index in [0.29, 0.717) is 5.56 Å². The summed E-state index contributed by atoms with van der Waals surface area (Å²) in [5.41, 5.74) is 0.492. The molecule has 2 heterocycles. The molecule has 0 aliphatic carbocycles. The van der Waals surface area contributed by atoms with Crippen molar-refractivity contribution in [1.82, 2.24) is 0 Å². The Kier molecular flexibility index (Phi) is 3.92. The summed E-state index contributed by atoms with van der Waals surface area (Å²) in [6, 6.07) is 8.78. The SMILES string of the molecule is C#C[C@@H]1[C@H]2OC(C)(C)O[C@H]2O[C@@H]1COC(=O)c1ccccc1. The average molecular weight is 302 g/mol. The summed E-state index contributed by atoms with van der Waals surface area (Å²) in [6.45, 7) is 3.70. The van der Waals surface area contributed by atoms with Gasteiger partial charge in [0, 0.05) is 0 Å². The third-order valence-electron chi connectivity index (χ3n) is 3.73. The molecular weight excluding hydrogens is 284 g/mol. The fourth-order valence-electron chi connectivity index (χ4n) is 2.73. The quantitative estimate of drug-likeness (QED) is 0.631. The third-order valence-corrected chi connectivity index (χ3v) is 3.73. The molecule has 0 bridgehead atoms. The van der Waals surface area contributed by atoms with Crippen molar-refractivity contribution in [2.75, 3.05) is 6.61 Å². The van der Waals surface area contributed by atoms with Crippen LogP contribution < -0.4 is 0 Å². The molecule has 1 aromatic carbocycles.